The monoisotopic (exact) mass is 339 g/mol. The Balaban J connectivity index is 2.31. The molecule has 0 radical (unpaired) electrons. The molecule has 5 heteroatoms. The van der Waals surface area contributed by atoms with Crippen molar-refractivity contribution in [3.63, 3.8) is 0 Å². The predicted octanol–water partition coefficient (Wildman–Crippen LogP) is 3.04. The number of fused-ring (bicyclic) bond motifs is 1. The van der Waals surface area contributed by atoms with E-state index in [1.54, 1.807) is 30.2 Å². The van der Waals surface area contributed by atoms with E-state index in [-0.39, 0.29) is 0 Å². The first-order valence-electron chi connectivity index (χ1n) is 6.72. The number of Topliss-reactive ketones (excluding diaryl/α,β-unsaturated/α-hetero) is 1. The van der Waals surface area contributed by atoms with Gasteiger partial charge in [-0.3, -0.25) is 9.59 Å². The zero-order chi connectivity index (χ0) is 14.7. The third-order valence-corrected chi connectivity index (χ3v) is 4.45. The minimum absolute atomic E-state index is 0.342. The lowest BCUT2D eigenvalue weighted by atomic mass is 10.1. The van der Waals surface area contributed by atoms with Crippen molar-refractivity contribution in [1.82, 2.24) is 0 Å². The van der Waals surface area contributed by atoms with Crippen molar-refractivity contribution in [1.29, 1.82) is 0 Å². The fraction of sp³-hybridized carbons (Fsp3) is 0.467. The summed E-state index contributed by atoms with van der Waals surface area (Å²) in [6, 6.07) is 5.13. The molecule has 1 aliphatic rings. The molecular weight excluding hydrogens is 322 g/mol. The molecule has 1 atom stereocenters. The van der Waals surface area contributed by atoms with Crippen LogP contribution in [0.4, 0.5) is 5.69 Å². The number of carbonyl (C=O) groups excluding carboxylic acids is 2. The summed E-state index contributed by atoms with van der Waals surface area (Å²) in [4.78, 5) is 25.7. The van der Waals surface area contributed by atoms with Crippen LogP contribution in [0, 0.1) is 5.92 Å². The Bertz CT molecular complexity index is 530. The number of ketones is 1. The molecule has 1 amide bonds. The molecule has 1 aromatic carbocycles. The minimum Gasteiger partial charge on any atom is -0.497 e. The topological polar surface area (TPSA) is 46.6 Å². The molecule has 108 valence electrons. The van der Waals surface area contributed by atoms with E-state index in [9.17, 15) is 9.59 Å². The first kappa shape index (κ1) is 15.0. The molecule has 1 unspecified atom stereocenters. The Morgan fingerprint density at radius 2 is 2.10 bits per heavy atom. The number of carbonyl (C=O) groups is 2. The van der Waals surface area contributed by atoms with Gasteiger partial charge in [-0.15, -0.1) is 0 Å². The van der Waals surface area contributed by atoms with Gasteiger partial charge in [0.25, 0.3) is 11.7 Å². The van der Waals surface area contributed by atoms with Gasteiger partial charge in [-0.1, -0.05) is 29.3 Å². The van der Waals surface area contributed by atoms with E-state index < -0.39 is 11.7 Å². The van der Waals surface area contributed by atoms with Crippen LogP contribution in [-0.2, 0) is 4.79 Å². The van der Waals surface area contributed by atoms with Crippen LogP contribution in [0.2, 0.25) is 0 Å². The molecule has 0 spiro atoms. The molecule has 0 fully saturated rings. The lowest BCUT2D eigenvalue weighted by Crippen LogP contribution is -2.34. The van der Waals surface area contributed by atoms with Crippen molar-refractivity contribution in [2.75, 3.05) is 23.9 Å². The van der Waals surface area contributed by atoms with Crippen LogP contribution >= 0.6 is 15.9 Å². The van der Waals surface area contributed by atoms with Gasteiger partial charge in [0.1, 0.15) is 5.75 Å². The highest BCUT2D eigenvalue weighted by Gasteiger charge is 2.36. The highest BCUT2D eigenvalue weighted by Crippen LogP contribution is 2.33. The Morgan fingerprint density at radius 1 is 1.35 bits per heavy atom. The summed E-state index contributed by atoms with van der Waals surface area (Å²) in [5, 5.41) is 0.818. The number of halogens is 1. The van der Waals surface area contributed by atoms with Crippen molar-refractivity contribution < 1.29 is 14.3 Å². The normalized spacial score (nSPS) is 15.4. The van der Waals surface area contributed by atoms with Crippen LogP contribution in [0.3, 0.4) is 0 Å². The number of anilines is 1. The molecule has 0 N–H and O–H groups in total. The van der Waals surface area contributed by atoms with E-state index in [1.807, 2.05) is 0 Å². The van der Waals surface area contributed by atoms with Crippen molar-refractivity contribution in [3.05, 3.63) is 23.8 Å². The van der Waals surface area contributed by atoms with E-state index in [2.05, 4.69) is 22.9 Å². The first-order chi connectivity index (χ1) is 9.62. The van der Waals surface area contributed by atoms with Gasteiger partial charge >= 0.3 is 0 Å². The number of amides is 1. The van der Waals surface area contributed by atoms with Crippen LogP contribution in [0.15, 0.2) is 18.2 Å². The standard InChI is InChI=1S/C15H18BrNO3/c1-3-4-10(8-16)9-17-13-7-11(20-2)5-6-12(13)14(18)15(17)19/h5-7,10H,3-4,8-9H2,1-2H3. The van der Waals surface area contributed by atoms with E-state index in [1.165, 1.54) is 0 Å². The summed E-state index contributed by atoms with van der Waals surface area (Å²) in [5.41, 5.74) is 1.14. The van der Waals surface area contributed by atoms with E-state index in [4.69, 9.17) is 4.74 Å². The van der Waals surface area contributed by atoms with Gasteiger partial charge in [0, 0.05) is 17.9 Å². The quantitative estimate of drug-likeness (QED) is 0.591. The number of nitrogens with zero attached hydrogens (tertiary/aromatic N) is 1. The van der Waals surface area contributed by atoms with E-state index >= 15 is 0 Å². The summed E-state index contributed by atoms with van der Waals surface area (Å²) in [7, 11) is 1.57. The van der Waals surface area contributed by atoms with Gasteiger partial charge in [0.15, 0.2) is 0 Å². The molecule has 0 saturated carbocycles. The average Bonchev–Trinajstić information content (AvgIpc) is 2.71. The molecule has 1 aromatic rings. The maximum absolute atomic E-state index is 12.1. The van der Waals surface area contributed by atoms with Crippen LogP contribution in [-0.4, -0.2) is 30.7 Å². The number of hydrogen-bond donors (Lipinski definition) is 0. The Labute approximate surface area is 127 Å². The van der Waals surface area contributed by atoms with Crippen LogP contribution < -0.4 is 9.64 Å². The molecule has 20 heavy (non-hydrogen) atoms. The fourth-order valence-electron chi connectivity index (χ4n) is 2.47. The van der Waals surface area contributed by atoms with Crippen LogP contribution in [0.5, 0.6) is 5.75 Å². The second-order valence-corrected chi connectivity index (χ2v) is 5.58. The molecule has 0 saturated heterocycles. The van der Waals surface area contributed by atoms with Crippen molar-refractivity contribution >= 4 is 33.3 Å². The summed E-state index contributed by atoms with van der Waals surface area (Å²) in [5.74, 6) is 0.138. The summed E-state index contributed by atoms with van der Waals surface area (Å²) < 4.78 is 5.18. The minimum atomic E-state index is -0.435. The van der Waals surface area contributed by atoms with Crippen molar-refractivity contribution in [3.8, 4) is 5.75 Å². The summed E-state index contributed by atoms with van der Waals surface area (Å²) in [6.07, 6.45) is 2.07. The Hall–Kier alpha value is -1.36. The number of methoxy groups -OCH3 is 1. The fourth-order valence-corrected chi connectivity index (χ4v) is 2.99. The lowest BCUT2D eigenvalue weighted by Gasteiger charge is -2.22. The number of hydrogen-bond acceptors (Lipinski definition) is 3. The lowest BCUT2D eigenvalue weighted by molar-refractivity contribution is -0.114. The number of benzene rings is 1. The van der Waals surface area contributed by atoms with E-state index in [0.29, 0.717) is 29.5 Å². The third kappa shape index (κ3) is 2.73. The van der Waals surface area contributed by atoms with Gasteiger partial charge in [-0.2, -0.15) is 0 Å². The highest BCUT2D eigenvalue weighted by atomic mass is 79.9. The number of alkyl halides is 1. The molecule has 0 bridgehead atoms. The molecule has 2 rings (SSSR count). The Kier molecular flexibility index (Phi) is 4.81. The zero-order valence-corrected chi connectivity index (χ0v) is 13.3. The van der Waals surface area contributed by atoms with Crippen LogP contribution in [0.25, 0.3) is 0 Å². The van der Waals surface area contributed by atoms with Gasteiger partial charge in [0.2, 0.25) is 0 Å². The van der Waals surface area contributed by atoms with Gasteiger partial charge in [-0.25, -0.2) is 0 Å². The van der Waals surface area contributed by atoms with E-state index in [0.717, 1.165) is 18.2 Å². The average molecular weight is 340 g/mol. The summed E-state index contributed by atoms with van der Waals surface area (Å²) >= 11 is 3.48. The zero-order valence-electron chi connectivity index (χ0n) is 11.7. The van der Waals surface area contributed by atoms with Crippen LogP contribution in [0.1, 0.15) is 30.1 Å². The third-order valence-electron chi connectivity index (χ3n) is 3.54. The van der Waals surface area contributed by atoms with Gasteiger partial charge in [-0.05, 0) is 24.5 Å². The molecule has 0 aromatic heterocycles. The summed E-state index contributed by atoms with van der Waals surface area (Å²) in [6.45, 7) is 2.67. The second kappa shape index (κ2) is 6.39. The Morgan fingerprint density at radius 3 is 2.70 bits per heavy atom. The molecule has 1 heterocycles. The predicted molar refractivity (Wildman–Crippen MR) is 81.9 cm³/mol. The van der Waals surface area contributed by atoms with Gasteiger partial charge < -0.3 is 9.64 Å². The number of ether oxygens (including phenoxy) is 1. The maximum atomic E-state index is 12.1. The molecule has 0 aliphatic carbocycles. The number of rotatable bonds is 6. The molecular formula is C15H18BrNO3. The van der Waals surface area contributed by atoms with Crippen molar-refractivity contribution in [2.24, 2.45) is 5.92 Å². The SMILES string of the molecule is CCCC(CBr)CN1C(=O)C(=O)c2ccc(OC)cc21. The molecule has 4 nitrogen and oxygen atoms in total. The van der Waals surface area contributed by atoms with Crippen molar-refractivity contribution in [2.45, 2.75) is 19.8 Å². The molecule has 1 aliphatic heterocycles. The van der Waals surface area contributed by atoms with Gasteiger partial charge in [0.05, 0.1) is 18.4 Å². The maximum Gasteiger partial charge on any atom is 0.299 e. The smallest absolute Gasteiger partial charge is 0.299 e. The first-order valence-corrected chi connectivity index (χ1v) is 7.84. The second-order valence-electron chi connectivity index (χ2n) is 4.94. The largest absolute Gasteiger partial charge is 0.497 e. The highest BCUT2D eigenvalue weighted by molar-refractivity contribution is 9.09.